The molecule has 4 nitrogen and oxygen atoms in total. The van der Waals surface area contributed by atoms with Gasteiger partial charge in [-0.05, 0) is 54.5 Å². The summed E-state index contributed by atoms with van der Waals surface area (Å²) in [5, 5.41) is 11.4. The van der Waals surface area contributed by atoms with Crippen LogP contribution in [0, 0.1) is 13.8 Å². The van der Waals surface area contributed by atoms with E-state index in [0.29, 0.717) is 24.4 Å². The molecule has 1 N–H and O–H groups in total. The Morgan fingerprint density at radius 3 is 2.26 bits per heavy atom. The molecular formula is C30H31NO3. The number of aliphatic hydroxyl groups excluding tert-OH is 1. The van der Waals surface area contributed by atoms with Gasteiger partial charge in [0.25, 0.3) is 11.7 Å². The average molecular weight is 454 g/mol. The quantitative estimate of drug-likeness (QED) is 0.279. The Morgan fingerprint density at radius 2 is 1.62 bits per heavy atom. The zero-order valence-electron chi connectivity index (χ0n) is 20.2. The van der Waals surface area contributed by atoms with E-state index >= 15 is 0 Å². The first kappa shape index (κ1) is 23.5. The van der Waals surface area contributed by atoms with Gasteiger partial charge in [-0.3, -0.25) is 9.59 Å². The Labute approximate surface area is 201 Å². The second-order valence-electron chi connectivity index (χ2n) is 9.37. The maximum Gasteiger partial charge on any atom is 0.295 e. The van der Waals surface area contributed by atoms with Crippen molar-refractivity contribution < 1.29 is 14.7 Å². The van der Waals surface area contributed by atoms with Crippen LogP contribution in [0.2, 0.25) is 0 Å². The highest BCUT2D eigenvalue weighted by Gasteiger charge is 2.46. The van der Waals surface area contributed by atoms with Crippen LogP contribution < -0.4 is 0 Å². The molecule has 0 spiro atoms. The third kappa shape index (κ3) is 4.54. The number of aryl methyl sites for hydroxylation is 2. The summed E-state index contributed by atoms with van der Waals surface area (Å²) in [6.07, 6.45) is 0.623. The zero-order chi connectivity index (χ0) is 24.4. The van der Waals surface area contributed by atoms with Crippen LogP contribution in [0.15, 0.2) is 78.4 Å². The molecule has 1 unspecified atom stereocenters. The van der Waals surface area contributed by atoms with Crippen molar-refractivity contribution in [1.29, 1.82) is 0 Å². The van der Waals surface area contributed by atoms with E-state index in [-0.39, 0.29) is 11.3 Å². The number of carbonyl (C=O) groups excluding carboxylic acids is 2. The predicted molar refractivity (Wildman–Crippen MR) is 136 cm³/mol. The largest absolute Gasteiger partial charge is 0.507 e. The smallest absolute Gasteiger partial charge is 0.295 e. The molecule has 0 bridgehead atoms. The predicted octanol–water partition coefficient (Wildman–Crippen LogP) is 6.09. The third-order valence-corrected chi connectivity index (χ3v) is 6.59. The fourth-order valence-electron chi connectivity index (χ4n) is 4.55. The number of likely N-dealkylation sites (tertiary alicyclic amines) is 1. The minimum atomic E-state index is -0.635. The molecule has 174 valence electrons. The van der Waals surface area contributed by atoms with Crippen LogP contribution in [0.3, 0.4) is 0 Å². The van der Waals surface area contributed by atoms with E-state index in [1.165, 1.54) is 5.56 Å². The summed E-state index contributed by atoms with van der Waals surface area (Å²) in [5.74, 6) is -0.946. The number of amides is 1. The van der Waals surface area contributed by atoms with Crippen molar-refractivity contribution in [2.24, 2.45) is 0 Å². The highest BCUT2D eigenvalue weighted by molar-refractivity contribution is 6.46. The molecule has 1 saturated heterocycles. The van der Waals surface area contributed by atoms with E-state index < -0.39 is 17.7 Å². The minimum Gasteiger partial charge on any atom is -0.507 e. The molecule has 1 atom stereocenters. The first-order valence-electron chi connectivity index (χ1n) is 11.8. The highest BCUT2D eigenvalue weighted by Crippen LogP contribution is 2.40. The number of nitrogens with zero attached hydrogens (tertiary/aromatic N) is 1. The summed E-state index contributed by atoms with van der Waals surface area (Å²) in [4.78, 5) is 28.1. The number of Topliss-reactive ketones (excluding diaryl/α,β-unsaturated/α-hetero) is 1. The summed E-state index contributed by atoms with van der Waals surface area (Å²) < 4.78 is 0. The van der Waals surface area contributed by atoms with E-state index in [1.54, 1.807) is 4.90 Å². The normalized spacial score (nSPS) is 17.6. The van der Waals surface area contributed by atoms with Gasteiger partial charge in [-0.2, -0.15) is 0 Å². The summed E-state index contributed by atoms with van der Waals surface area (Å²) in [6.45, 7) is 8.47. The van der Waals surface area contributed by atoms with Crippen molar-refractivity contribution in [3.8, 4) is 0 Å². The van der Waals surface area contributed by atoms with Crippen LogP contribution in [-0.4, -0.2) is 28.2 Å². The van der Waals surface area contributed by atoms with Gasteiger partial charge in [-0.1, -0.05) is 86.1 Å². The second kappa shape index (κ2) is 9.68. The summed E-state index contributed by atoms with van der Waals surface area (Å²) in [7, 11) is 0. The summed E-state index contributed by atoms with van der Waals surface area (Å²) in [6, 6.07) is 23.0. The van der Waals surface area contributed by atoms with Crippen molar-refractivity contribution in [1.82, 2.24) is 4.90 Å². The van der Waals surface area contributed by atoms with Gasteiger partial charge in [0.1, 0.15) is 5.76 Å². The lowest BCUT2D eigenvalue weighted by molar-refractivity contribution is -0.139. The molecule has 3 aromatic carbocycles. The van der Waals surface area contributed by atoms with Crippen LogP contribution in [0.1, 0.15) is 59.2 Å². The summed E-state index contributed by atoms with van der Waals surface area (Å²) in [5.41, 5.74) is 5.67. The van der Waals surface area contributed by atoms with E-state index in [4.69, 9.17) is 0 Å². The molecule has 0 aromatic heterocycles. The van der Waals surface area contributed by atoms with E-state index in [1.807, 2.05) is 86.6 Å². The van der Waals surface area contributed by atoms with Gasteiger partial charge in [0.15, 0.2) is 0 Å². The topological polar surface area (TPSA) is 57.6 Å². The van der Waals surface area contributed by atoms with Crippen molar-refractivity contribution >= 4 is 17.4 Å². The Bertz CT molecular complexity index is 1240. The number of hydrogen-bond acceptors (Lipinski definition) is 3. The van der Waals surface area contributed by atoms with Crippen LogP contribution in [0.5, 0.6) is 0 Å². The summed E-state index contributed by atoms with van der Waals surface area (Å²) >= 11 is 0. The molecule has 4 rings (SSSR count). The number of benzene rings is 3. The third-order valence-electron chi connectivity index (χ3n) is 6.59. The van der Waals surface area contributed by atoms with Gasteiger partial charge < -0.3 is 10.0 Å². The molecule has 1 aliphatic rings. The van der Waals surface area contributed by atoms with Crippen molar-refractivity contribution in [2.75, 3.05) is 6.54 Å². The van der Waals surface area contributed by atoms with Crippen LogP contribution in [0.25, 0.3) is 5.76 Å². The molecule has 1 aliphatic heterocycles. The Hall–Kier alpha value is -3.66. The van der Waals surface area contributed by atoms with Crippen LogP contribution in [-0.2, 0) is 16.0 Å². The van der Waals surface area contributed by atoms with Gasteiger partial charge in [-0.15, -0.1) is 0 Å². The second-order valence-corrected chi connectivity index (χ2v) is 9.37. The lowest BCUT2D eigenvalue weighted by atomic mass is 9.92. The maximum absolute atomic E-state index is 13.3. The standard InChI is InChI=1S/C30H31NO3/c1-19(2)23-12-14-24(15-13-23)27-26(28(32)25-18-20(3)10-11-21(25)4)29(33)30(34)31(27)17-16-22-8-6-5-7-9-22/h5-15,18-19,27,32H,16-17H2,1-4H3. The molecule has 0 aliphatic carbocycles. The maximum atomic E-state index is 13.3. The number of ketones is 1. The molecule has 4 heteroatoms. The van der Waals surface area contributed by atoms with Gasteiger partial charge in [0.05, 0.1) is 11.6 Å². The molecule has 0 saturated carbocycles. The number of carbonyl (C=O) groups is 2. The number of rotatable bonds is 6. The van der Waals surface area contributed by atoms with Gasteiger partial charge in [0.2, 0.25) is 0 Å². The first-order chi connectivity index (χ1) is 16.3. The lowest BCUT2D eigenvalue weighted by Crippen LogP contribution is -2.31. The van der Waals surface area contributed by atoms with Gasteiger partial charge in [-0.25, -0.2) is 0 Å². The first-order valence-corrected chi connectivity index (χ1v) is 11.8. The molecule has 34 heavy (non-hydrogen) atoms. The molecule has 1 heterocycles. The van der Waals surface area contributed by atoms with E-state index in [2.05, 4.69) is 13.8 Å². The monoisotopic (exact) mass is 453 g/mol. The van der Waals surface area contributed by atoms with Crippen LogP contribution >= 0.6 is 0 Å². The van der Waals surface area contributed by atoms with Crippen molar-refractivity contribution in [2.45, 2.75) is 46.1 Å². The molecule has 1 fully saturated rings. The Morgan fingerprint density at radius 1 is 0.941 bits per heavy atom. The molecule has 1 amide bonds. The van der Waals surface area contributed by atoms with Gasteiger partial charge >= 0.3 is 0 Å². The number of aliphatic hydroxyl groups is 1. The fourth-order valence-corrected chi connectivity index (χ4v) is 4.55. The highest BCUT2D eigenvalue weighted by atomic mass is 16.3. The van der Waals surface area contributed by atoms with E-state index in [9.17, 15) is 14.7 Å². The van der Waals surface area contributed by atoms with Crippen LogP contribution in [0.4, 0.5) is 0 Å². The number of hydrogen-bond donors (Lipinski definition) is 1. The Kier molecular flexibility index (Phi) is 6.69. The fraction of sp³-hybridized carbons (Fsp3) is 0.267. The minimum absolute atomic E-state index is 0.111. The Balaban J connectivity index is 1.82. The van der Waals surface area contributed by atoms with Crippen molar-refractivity contribution in [3.05, 3.63) is 112 Å². The molecule has 3 aromatic rings. The molecular weight excluding hydrogens is 422 g/mol. The average Bonchev–Trinajstić information content (AvgIpc) is 3.09. The van der Waals surface area contributed by atoms with Gasteiger partial charge in [0, 0.05) is 12.1 Å². The van der Waals surface area contributed by atoms with E-state index in [0.717, 1.165) is 22.3 Å². The van der Waals surface area contributed by atoms with Crippen molar-refractivity contribution in [3.63, 3.8) is 0 Å². The SMILES string of the molecule is Cc1ccc(C)c(C(O)=C2C(=O)C(=O)N(CCc3ccccc3)C2c2ccc(C(C)C)cc2)c1. The lowest BCUT2D eigenvalue weighted by Gasteiger charge is -2.26. The molecule has 0 radical (unpaired) electrons. The zero-order valence-corrected chi connectivity index (χ0v) is 20.2.